The molecule has 25 heavy (non-hydrogen) atoms. The maximum atomic E-state index is 12.0. The molecule has 0 amide bonds. The molecule has 1 aromatic heterocycles. The summed E-state index contributed by atoms with van der Waals surface area (Å²) in [6.07, 6.45) is 0. The zero-order valence-electron chi connectivity index (χ0n) is 13.9. The maximum Gasteiger partial charge on any atom is 0.338 e. The highest BCUT2D eigenvalue weighted by molar-refractivity contribution is 5.93. The van der Waals surface area contributed by atoms with Gasteiger partial charge in [0.15, 0.2) is 0 Å². The Bertz CT molecular complexity index is 962. The van der Waals surface area contributed by atoms with Crippen molar-refractivity contribution < 1.29 is 14.5 Å². The van der Waals surface area contributed by atoms with Crippen LogP contribution in [0.15, 0.2) is 42.5 Å². The minimum atomic E-state index is -0.402. The molecule has 2 aromatic carbocycles. The molecule has 0 atom stereocenters. The largest absolute Gasteiger partial charge is 0.462 e. The Labute approximate surface area is 144 Å². The van der Waals surface area contributed by atoms with Gasteiger partial charge in [-0.1, -0.05) is 18.2 Å². The number of aromatic nitrogens is 2. The normalized spacial score (nSPS) is 10.8. The van der Waals surface area contributed by atoms with E-state index in [1.807, 2.05) is 11.5 Å². The molecule has 0 aliphatic carbocycles. The number of para-hydroxylation sites is 1. The number of esters is 1. The fourth-order valence-corrected chi connectivity index (χ4v) is 2.78. The standard InChI is InChI=1S/C18H17N3O4/c1-3-25-18(22)13-8-9-15-17(10-13)20(12(2)19-15)11-14-6-4-5-7-16(14)21(23)24/h4-10H,3,11H2,1-2H3. The van der Waals surface area contributed by atoms with E-state index in [0.717, 1.165) is 11.0 Å². The van der Waals surface area contributed by atoms with E-state index in [1.165, 1.54) is 6.07 Å². The predicted octanol–water partition coefficient (Wildman–Crippen LogP) is 3.48. The Kier molecular flexibility index (Phi) is 4.47. The Morgan fingerprint density at radius 2 is 2.04 bits per heavy atom. The molecule has 0 saturated heterocycles. The minimum Gasteiger partial charge on any atom is -0.462 e. The number of rotatable bonds is 5. The number of fused-ring (bicyclic) bond motifs is 1. The van der Waals surface area contributed by atoms with E-state index in [4.69, 9.17) is 4.74 Å². The van der Waals surface area contributed by atoms with Crippen molar-refractivity contribution in [3.05, 3.63) is 69.5 Å². The van der Waals surface area contributed by atoms with E-state index in [2.05, 4.69) is 4.98 Å². The van der Waals surface area contributed by atoms with Gasteiger partial charge in [-0.2, -0.15) is 0 Å². The van der Waals surface area contributed by atoms with E-state index in [0.29, 0.717) is 30.1 Å². The van der Waals surface area contributed by atoms with Crippen molar-refractivity contribution >= 4 is 22.7 Å². The minimum absolute atomic E-state index is 0.0605. The summed E-state index contributed by atoms with van der Waals surface area (Å²) in [5.74, 6) is 0.314. The Balaban J connectivity index is 2.07. The number of carbonyl (C=O) groups excluding carboxylic acids is 1. The number of carbonyl (C=O) groups is 1. The monoisotopic (exact) mass is 339 g/mol. The number of imidazole rings is 1. The molecule has 3 rings (SSSR count). The third-order valence-corrected chi connectivity index (χ3v) is 3.97. The van der Waals surface area contributed by atoms with Crippen LogP contribution in [0.1, 0.15) is 28.7 Å². The highest BCUT2D eigenvalue weighted by atomic mass is 16.6. The Hall–Kier alpha value is -3.22. The van der Waals surface area contributed by atoms with Crippen molar-refractivity contribution in [2.75, 3.05) is 6.61 Å². The van der Waals surface area contributed by atoms with Gasteiger partial charge in [-0.05, 0) is 32.0 Å². The second kappa shape index (κ2) is 6.72. The van der Waals surface area contributed by atoms with Gasteiger partial charge in [0.1, 0.15) is 5.82 Å². The SMILES string of the molecule is CCOC(=O)c1ccc2nc(C)n(Cc3ccccc3[N+](=O)[O-])c2c1. The number of hydrogen-bond donors (Lipinski definition) is 0. The van der Waals surface area contributed by atoms with Crippen LogP contribution >= 0.6 is 0 Å². The van der Waals surface area contributed by atoms with Crippen molar-refractivity contribution in [1.29, 1.82) is 0 Å². The Morgan fingerprint density at radius 3 is 2.76 bits per heavy atom. The van der Waals surface area contributed by atoms with Gasteiger partial charge in [-0.15, -0.1) is 0 Å². The average molecular weight is 339 g/mol. The van der Waals surface area contributed by atoms with E-state index in [9.17, 15) is 14.9 Å². The van der Waals surface area contributed by atoms with Crippen molar-refractivity contribution in [2.45, 2.75) is 20.4 Å². The van der Waals surface area contributed by atoms with E-state index >= 15 is 0 Å². The van der Waals surface area contributed by atoms with Crippen LogP contribution in [0.5, 0.6) is 0 Å². The molecule has 0 bridgehead atoms. The van der Waals surface area contributed by atoms with Gasteiger partial charge in [-0.3, -0.25) is 10.1 Å². The highest BCUT2D eigenvalue weighted by Gasteiger charge is 2.17. The molecule has 0 fully saturated rings. The summed E-state index contributed by atoms with van der Waals surface area (Å²) < 4.78 is 6.90. The highest BCUT2D eigenvalue weighted by Crippen LogP contribution is 2.24. The molecule has 0 spiro atoms. The lowest BCUT2D eigenvalue weighted by molar-refractivity contribution is -0.385. The lowest BCUT2D eigenvalue weighted by atomic mass is 10.1. The van der Waals surface area contributed by atoms with Gasteiger partial charge in [0, 0.05) is 11.6 Å². The fourth-order valence-electron chi connectivity index (χ4n) is 2.78. The van der Waals surface area contributed by atoms with Crippen LogP contribution < -0.4 is 0 Å². The molecule has 0 N–H and O–H groups in total. The van der Waals surface area contributed by atoms with Crippen LogP contribution in [-0.4, -0.2) is 27.1 Å². The van der Waals surface area contributed by atoms with Crippen LogP contribution in [0.4, 0.5) is 5.69 Å². The first kappa shape index (κ1) is 16.6. The topological polar surface area (TPSA) is 87.3 Å². The number of nitrogens with zero attached hydrogens (tertiary/aromatic N) is 3. The summed E-state index contributed by atoms with van der Waals surface area (Å²) >= 11 is 0. The number of benzene rings is 2. The van der Waals surface area contributed by atoms with Gasteiger partial charge in [0.05, 0.1) is 34.7 Å². The van der Waals surface area contributed by atoms with Crippen molar-refractivity contribution in [3.8, 4) is 0 Å². The van der Waals surface area contributed by atoms with Crippen LogP contribution in [-0.2, 0) is 11.3 Å². The van der Waals surface area contributed by atoms with Crippen molar-refractivity contribution in [3.63, 3.8) is 0 Å². The Morgan fingerprint density at radius 1 is 1.28 bits per heavy atom. The van der Waals surface area contributed by atoms with E-state index in [1.54, 1.807) is 43.3 Å². The number of aryl methyl sites for hydroxylation is 1. The quantitative estimate of drug-likeness (QED) is 0.403. The molecule has 0 radical (unpaired) electrons. The lowest BCUT2D eigenvalue weighted by Gasteiger charge is -2.08. The molecular weight excluding hydrogens is 322 g/mol. The van der Waals surface area contributed by atoms with Crippen LogP contribution in [0.3, 0.4) is 0 Å². The van der Waals surface area contributed by atoms with Crippen molar-refractivity contribution in [2.24, 2.45) is 0 Å². The second-order valence-electron chi connectivity index (χ2n) is 5.55. The number of hydrogen-bond acceptors (Lipinski definition) is 5. The van der Waals surface area contributed by atoms with Crippen LogP contribution in [0, 0.1) is 17.0 Å². The number of nitro benzene ring substituents is 1. The van der Waals surface area contributed by atoms with Crippen LogP contribution in [0.2, 0.25) is 0 Å². The van der Waals surface area contributed by atoms with E-state index < -0.39 is 10.9 Å². The molecule has 0 unspecified atom stereocenters. The zero-order valence-corrected chi connectivity index (χ0v) is 13.9. The van der Waals surface area contributed by atoms with Gasteiger partial charge in [0.25, 0.3) is 5.69 Å². The molecular formula is C18H17N3O4. The summed E-state index contributed by atoms with van der Waals surface area (Å²) in [5.41, 5.74) is 2.53. The third kappa shape index (κ3) is 3.21. The molecule has 7 nitrogen and oxygen atoms in total. The number of nitro groups is 1. The summed E-state index contributed by atoms with van der Waals surface area (Å²) in [7, 11) is 0. The van der Waals surface area contributed by atoms with E-state index in [-0.39, 0.29) is 5.69 Å². The first-order chi connectivity index (χ1) is 12.0. The second-order valence-corrected chi connectivity index (χ2v) is 5.55. The molecule has 3 aromatic rings. The van der Waals surface area contributed by atoms with Gasteiger partial charge >= 0.3 is 5.97 Å². The van der Waals surface area contributed by atoms with Crippen molar-refractivity contribution in [1.82, 2.24) is 9.55 Å². The molecule has 1 heterocycles. The first-order valence-corrected chi connectivity index (χ1v) is 7.87. The maximum absolute atomic E-state index is 12.0. The molecule has 0 aliphatic heterocycles. The van der Waals surface area contributed by atoms with Gasteiger partial charge in [-0.25, -0.2) is 9.78 Å². The fraction of sp³-hybridized carbons (Fsp3) is 0.222. The molecule has 0 aliphatic rings. The summed E-state index contributed by atoms with van der Waals surface area (Å²) in [6.45, 7) is 4.18. The molecule has 7 heteroatoms. The molecule has 128 valence electrons. The average Bonchev–Trinajstić information content (AvgIpc) is 2.90. The first-order valence-electron chi connectivity index (χ1n) is 7.87. The predicted molar refractivity (Wildman–Crippen MR) is 92.6 cm³/mol. The smallest absolute Gasteiger partial charge is 0.338 e. The lowest BCUT2D eigenvalue weighted by Crippen LogP contribution is -2.07. The third-order valence-electron chi connectivity index (χ3n) is 3.97. The zero-order chi connectivity index (χ0) is 18.0. The summed E-state index contributed by atoms with van der Waals surface area (Å²) in [5, 5.41) is 11.2. The summed E-state index contributed by atoms with van der Waals surface area (Å²) in [4.78, 5) is 27.3. The van der Waals surface area contributed by atoms with Gasteiger partial charge in [0.2, 0.25) is 0 Å². The van der Waals surface area contributed by atoms with Crippen LogP contribution in [0.25, 0.3) is 11.0 Å². The van der Waals surface area contributed by atoms with Gasteiger partial charge < -0.3 is 9.30 Å². The number of ether oxygens (including phenoxy) is 1. The molecule has 0 saturated carbocycles. The summed E-state index contributed by atoms with van der Waals surface area (Å²) in [6, 6.07) is 11.7.